The van der Waals surface area contributed by atoms with Gasteiger partial charge < -0.3 is 14.7 Å². The van der Waals surface area contributed by atoms with Gasteiger partial charge in [0.1, 0.15) is 11.0 Å². The second-order valence-electron chi connectivity index (χ2n) is 5.52. The van der Waals surface area contributed by atoms with Crippen LogP contribution in [-0.4, -0.2) is 47.2 Å². The normalized spacial score (nSPS) is 18.4. The molecule has 0 saturated carbocycles. The Kier molecular flexibility index (Phi) is 3.83. The highest BCUT2D eigenvalue weighted by atomic mass is 19.3. The van der Waals surface area contributed by atoms with Crippen LogP contribution in [0.5, 0.6) is 0 Å². The molecule has 5 nitrogen and oxygen atoms in total. The Morgan fingerprint density at radius 2 is 1.89 bits per heavy atom. The van der Waals surface area contributed by atoms with Gasteiger partial charge in [-0.05, 0) is 20.8 Å². The molecule has 0 radical (unpaired) electrons. The number of hydrogen-bond donors (Lipinski definition) is 1. The Bertz CT molecular complexity index is 345. The van der Waals surface area contributed by atoms with Gasteiger partial charge in [-0.3, -0.25) is 4.79 Å². The second kappa shape index (κ2) is 4.70. The lowest BCUT2D eigenvalue weighted by Crippen LogP contribution is -2.63. The number of carboxylic acids is 1. The van der Waals surface area contributed by atoms with Gasteiger partial charge in [0.05, 0.1) is 0 Å². The fraction of sp³-hybridized carbons (Fsp3) is 0.818. The number of likely N-dealkylation sites (tertiary alicyclic amines) is 1. The topological polar surface area (TPSA) is 66.8 Å². The van der Waals surface area contributed by atoms with Crippen molar-refractivity contribution in [2.75, 3.05) is 13.1 Å². The van der Waals surface area contributed by atoms with Gasteiger partial charge in [0.15, 0.2) is 0 Å². The molecule has 0 aromatic heterocycles. The standard InChI is InChI=1S/C11H17F2NO4/c1-10(2,3)18-9(17)14-5-11(6-14,8(15)16)4-7(12)13/h7H,4-6H2,1-3H3,(H,15,16). The molecular weight excluding hydrogens is 248 g/mol. The highest BCUT2D eigenvalue weighted by molar-refractivity contribution is 5.80. The van der Waals surface area contributed by atoms with Crippen molar-refractivity contribution in [2.45, 2.75) is 39.2 Å². The van der Waals surface area contributed by atoms with Gasteiger partial charge in [-0.25, -0.2) is 13.6 Å². The number of carbonyl (C=O) groups is 2. The number of aliphatic carboxylic acids is 1. The smallest absolute Gasteiger partial charge is 0.410 e. The molecule has 18 heavy (non-hydrogen) atoms. The molecule has 0 atom stereocenters. The zero-order chi connectivity index (χ0) is 14.1. The van der Waals surface area contributed by atoms with Crippen molar-refractivity contribution < 1.29 is 28.2 Å². The summed E-state index contributed by atoms with van der Waals surface area (Å²) in [5.74, 6) is -1.30. The van der Waals surface area contributed by atoms with E-state index in [0.717, 1.165) is 4.90 Å². The molecule has 0 unspecified atom stereocenters. The number of carboxylic acid groups (broad SMARTS) is 1. The van der Waals surface area contributed by atoms with Gasteiger partial charge in [-0.1, -0.05) is 0 Å². The maximum absolute atomic E-state index is 12.3. The van der Waals surface area contributed by atoms with E-state index in [1.165, 1.54) is 0 Å². The van der Waals surface area contributed by atoms with E-state index >= 15 is 0 Å². The van der Waals surface area contributed by atoms with E-state index < -0.39 is 35.9 Å². The van der Waals surface area contributed by atoms with Crippen LogP contribution in [0.15, 0.2) is 0 Å². The molecule has 1 fully saturated rings. The molecule has 0 spiro atoms. The number of amides is 1. The van der Waals surface area contributed by atoms with Crippen LogP contribution >= 0.6 is 0 Å². The lowest BCUT2D eigenvalue weighted by Gasteiger charge is -2.46. The van der Waals surface area contributed by atoms with Crippen LogP contribution in [0.1, 0.15) is 27.2 Å². The number of ether oxygens (including phenoxy) is 1. The molecule has 0 bridgehead atoms. The minimum atomic E-state index is -2.71. The largest absolute Gasteiger partial charge is 0.481 e. The fourth-order valence-electron chi connectivity index (χ4n) is 1.79. The van der Waals surface area contributed by atoms with Crippen molar-refractivity contribution in [3.05, 3.63) is 0 Å². The van der Waals surface area contributed by atoms with Crippen LogP contribution < -0.4 is 0 Å². The summed E-state index contributed by atoms with van der Waals surface area (Å²) in [5.41, 5.74) is -2.23. The SMILES string of the molecule is CC(C)(C)OC(=O)N1CC(CC(F)F)(C(=O)O)C1. The van der Waals surface area contributed by atoms with E-state index in [0.29, 0.717) is 0 Å². The summed E-state index contributed by atoms with van der Waals surface area (Å²) in [4.78, 5) is 23.7. The molecular formula is C11H17F2NO4. The summed E-state index contributed by atoms with van der Waals surface area (Å²) in [6, 6.07) is 0. The number of alkyl halides is 2. The van der Waals surface area contributed by atoms with E-state index in [4.69, 9.17) is 9.84 Å². The number of nitrogens with zero attached hydrogens (tertiary/aromatic N) is 1. The number of halogens is 2. The number of hydrogen-bond acceptors (Lipinski definition) is 3. The minimum absolute atomic E-state index is 0.235. The van der Waals surface area contributed by atoms with Gasteiger partial charge in [0.25, 0.3) is 0 Å². The highest BCUT2D eigenvalue weighted by Gasteiger charge is 2.53. The molecule has 0 aromatic rings. The van der Waals surface area contributed by atoms with Crippen LogP contribution in [0.3, 0.4) is 0 Å². The molecule has 0 aromatic carbocycles. The van der Waals surface area contributed by atoms with E-state index in [2.05, 4.69) is 0 Å². The summed E-state index contributed by atoms with van der Waals surface area (Å²) in [6.45, 7) is 4.56. The number of carbonyl (C=O) groups excluding carboxylic acids is 1. The average molecular weight is 265 g/mol. The monoisotopic (exact) mass is 265 g/mol. The lowest BCUT2D eigenvalue weighted by molar-refractivity contribution is -0.163. The first-order valence-electron chi connectivity index (χ1n) is 5.55. The quantitative estimate of drug-likeness (QED) is 0.847. The molecule has 1 heterocycles. The zero-order valence-electron chi connectivity index (χ0n) is 10.6. The van der Waals surface area contributed by atoms with Crippen molar-refractivity contribution in [1.82, 2.24) is 4.90 Å². The Balaban J connectivity index is 2.59. The molecule has 1 aliphatic rings. The molecule has 1 rings (SSSR count). The van der Waals surface area contributed by atoms with E-state index in [9.17, 15) is 18.4 Å². The van der Waals surface area contributed by atoms with Gasteiger partial charge in [-0.15, -0.1) is 0 Å². The first-order valence-corrected chi connectivity index (χ1v) is 5.55. The van der Waals surface area contributed by atoms with Crippen LogP contribution in [0.2, 0.25) is 0 Å². The molecule has 1 saturated heterocycles. The van der Waals surface area contributed by atoms with Gasteiger partial charge in [0.2, 0.25) is 6.43 Å². The Labute approximate surface area is 104 Å². The summed E-state index contributed by atoms with van der Waals surface area (Å²) in [7, 11) is 0. The summed E-state index contributed by atoms with van der Waals surface area (Å²) in [5, 5.41) is 8.95. The van der Waals surface area contributed by atoms with Crippen molar-refractivity contribution in [2.24, 2.45) is 5.41 Å². The molecule has 0 aliphatic carbocycles. The fourth-order valence-corrected chi connectivity index (χ4v) is 1.79. The predicted octanol–water partition coefficient (Wildman–Crippen LogP) is 1.96. The van der Waals surface area contributed by atoms with Crippen molar-refractivity contribution in [1.29, 1.82) is 0 Å². The molecule has 1 aliphatic heterocycles. The van der Waals surface area contributed by atoms with Crippen molar-refractivity contribution in [3.63, 3.8) is 0 Å². The third-order valence-corrected chi connectivity index (χ3v) is 2.64. The van der Waals surface area contributed by atoms with Crippen LogP contribution in [-0.2, 0) is 9.53 Å². The minimum Gasteiger partial charge on any atom is -0.481 e. The van der Waals surface area contributed by atoms with Gasteiger partial charge >= 0.3 is 12.1 Å². The summed E-state index contributed by atoms with van der Waals surface area (Å²) >= 11 is 0. The maximum atomic E-state index is 12.3. The summed E-state index contributed by atoms with van der Waals surface area (Å²) < 4.78 is 29.7. The molecule has 1 N–H and O–H groups in total. The van der Waals surface area contributed by atoms with Crippen LogP contribution in [0.4, 0.5) is 13.6 Å². The highest BCUT2D eigenvalue weighted by Crippen LogP contribution is 2.37. The van der Waals surface area contributed by atoms with E-state index in [1.807, 2.05) is 0 Å². The van der Waals surface area contributed by atoms with E-state index in [-0.39, 0.29) is 13.1 Å². The Morgan fingerprint density at radius 3 is 2.22 bits per heavy atom. The summed E-state index contributed by atoms with van der Waals surface area (Å²) in [6.07, 6.45) is -4.13. The van der Waals surface area contributed by atoms with Crippen molar-refractivity contribution >= 4 is 12.1 Å². The predicted molar refractivity (Wildman–Crippen MR) is 58.5 cm³/mol. The Hall–Kier alpha value is -1.40. The molecule has 1 amide bonds. The van der Waals surface area contributed by atoms with Gasteiger partial charge in [0, 0.05) is 19.5 Å². The Morgan fingerprint density at radius 1 is 1.39 bits per heavy atom. The third kappa shape index (κ3) is 3.30. The zero-order valence-corrected chi connectivity index (χ0v) is 10.6. The number of rotatable bonds is 3. The average Bonchev–Trinajstić information content (AvgIpc) is 2.05. The third-order valence-electron chi connectivity index (χ3n) is 2.64. The van der Waals surface area contributed by atoms with Crippen LogP contribution in [0, 0.1) is 5.41 Å². The van der Waals surface area contributed by atoms with Crippen molar-refractivity contribution in [3.8, 4) is 0 Å². The molecule has 104 valence electrons. The van der Waals surface area contributed by atoms with E-state index in [1.54, 1.807) is 20.8 Å². The maximum Gasteiger partial charge on any atom is 0.410 e. The first-order chi connectivity index (χ1) is 8.06. The molecule has 7 heteroatoms. The van der Waals surface area contributed by atoms with Crippen LogP contribution in [0.25, 0.3) is 0 Å². The lowest BCUT2D eigenvalue weighted by atomic mass is 9.77. The van der Waals surface area contributed by atoms with Gasteiger partial charge in [-0.2, -0.15) is 0 Å². The first kappa shape index (κ1) is 14.7. The second-order valence-corrected chi connectivity index (χ2v) is 5.52.